The molecule has 0 amide bonds. The number of tetrazole rings is 1. The number of aromatic carboxylic acids is 1. The number of aryl methyl sites for hydroxylation is 1. The molecule has 0 fully saturated rings. The normalized spacial score (nSPS) is 10.6. The first-order valence-electron chi connectivity index (χ1n) is 5.04. The van der Waals surface area contributed by atoms with Crippen LogP contribution in [-0.4, -0.2) is 31.3 Å². The third-order valence-electron chi connectivity index (χ3n) is 2.32. The van der Waals surface area contributed by atoms with E-state index in [1.807, 2.05) is 6.92 Å². The number of rotatable bonds is 3. The van der Waals surface area contributed by atoms with Gasteiger partial charge in [0.05, 0.1) is 11.3 Å². The van der Waals surface area contributed by atoms with Gasteiger partial charge in [-0.3, -0.25) is 0 Å². The zero-order valence-electron chi connectivity index (χ0n) is 9.26. The number of carboxylic acid groups (broad SMARTS) is 1. The van der Waals surface area contributed by atoms with Crippen molar-refractivity contribution in [1.29, 1.82) is 0 Å². The standard InChI is InChI=1S/C10H8Br2N4O2/c1-2-8-13-14-15-16(8)9-6(10(17)18)3-5(11)4-7(9)12/h3-4H,2H2,1H3,(H,17,18). The molecule has 0 aliphatic rings. The Labute approximate surface area is 119 Å². The van der Waals surface area contributed by atoms with E-state index in [0.29, 0.717) is 26.9 Å². The van der Waals surface area contributed by atoms with E-state index >= 15 is 0 Å². The van der Waals surface area contributed by atoms with Crippen molar-refractivity contribution in [3.05, 3.63) is 32.5 Å². The molecule has 2 rings (SSSR count). The van der Waals surface area contributed by atoms with Crippen molar-refractivity contribution in [2.24, 2.45) is 0 Å². The van der Waals surface area contributed by atoms with Crippen LogP contribution in [0, 0.1) is 0 Å². The molecule has 8 heteroatoms. The predicted molar refractivity (Wildman–Crippen MR) is 70.9 cm³/mol. The Hall–Kier alpha value is -1.28. The fraction of sp³-hybridized carbons (Fsp3) is 0.200. The van der Waals surface area contributed by atoms with Gasteiger partial charge >= 0.3 is 5.97 Å². The van der Waals surface area contributed by atoms with Crippen molar-refractivity contribution in [3.63, 3.8) is 0 Å². The molecule has 0 radical (unpaired) electrons. The zero-order chi connectivity index (χ0) is 13.3. The molecule has 0 aliphatic carbocycles. The average molecular weight is 376 g/mol. The van der Waals surface area contributed by atoms with Gasteiger partial charge in [0.1, 0.15) is 0 Å². The number of carbonyl (C=O) groups is 1. The molecule has 1 aromatic carbocycles. The predicted octanol–water partition coefficient (Wildman–Crippen LogP) is 2.45. The minimum atomic E-state index is -1.04. The first-order valence-corrected chi connectivity index (χ1v) is 6.63. The van der Waals surface area contributed by atoms with Crippen molar-refractivity contribution in [2.75, 3.05) is 0 Å². The number of nitrogens with zero attached hydrogens (tertiary/aromatic N) is 4. The molecule has 0 saturated heterocycles. The topological polar surface area (TPSA) is 80.9 Å². The molecule has 2 aromatic rings. The van der Waals surface area contributed by atoms with E-state index in [9.17, 15) is 9.90 Å². The van der Waals surface area contributed by atoms with E-state index in [2.05, 4.69) is 47.4 Å². The zero-order valence-corrected chi connectivity index (χ0v) is 12.4. The lowest BCUT2D eigenvalue weighted by Crippen LogP contribution is -2.10. The van der Waals surface area contributed by atoms with Gasteiger partial charge in [-0.15, -0.1) is 5.10 Å². The van der Waals surface area contributed by atoms with E-state index in [1.54, 1.807) is 6.07 Å². The molecule has 0 spiro atoms. The van der Waals surface area contributed by atoms with Crippen molar-refractivity contribution in [3.8, 4) is 5.69 Å². The molecule has 94 valence electrons. The van der Waals surface area contributed by atoms with Crippen LogP contribution in [0.1, 0.15) is 23.1 Å². The maximum absolute atomic E-state index is 11.3. The summed E-state index contributed by atoms with van der Waals surface area (Å²) in [4.78, 5) is 11.3. The third-order valence-corrected chi connectivity index (χ3v) is 3.38. The summed E-state index contributed by atoms with van der Waals surface area (Å²) < 4.78 is 2.71. The first-order chi connectivity index (χ1) is 8.54. The van der Waals surface area contributed by atoms with Crippen LogP contribution < -0.4 is 0 Å². The van der Waals surface area contributed by atoms with Gasteiger partial charge in [0, 0.05) is 15.4 Å². The first kappa shape index (κ1) is 13.2. The molecule has 18 heavy (non-hydrogen) atoms. The van der Waals surface area contributed by atoms with Crippen LogP contribution in [0.15, 0.2) is 21.1 Å². The average Bonchev–Trinajstić information content (AvgIpc) is 2.75. The van der Waals surface area contributed by atoms with Crippen molar-refractivity contribution < 1.29 is 9.90 Å². The molecule has 1 heterocycles. The fourth-order valence-corrected chi connectivity index (χ4v) is 2.94. The molecule has 6 nitrogen and oxygen atoms in total. The second-order valence-electron chi connectivity index (χ2n) is 3.45. The quantitative estimate of drug-likeness (QED) is 0.891. The van der Waals surface area contributed by atoms with E-state index < -0.39 is 5.97 Å². The van der Waals surface area contributed by atoms with Gasteiger partial charge in [-0.25, -0.2) is 4.79 Å². The third kappa shape index (κ3) is 2.30. The van der Waals surface area contributed by atoms with E-state index in [-0.39, 0.29) is 5.56 Å². The number of aromatic nitrogens is 4. The summed E-state index contributed by atoms with van der Waals surface area (Å²) >= 11 is 6.60. The Bertz CT molecular complexity index is 612. The summed E-state index contributed by atoms with van der Waals surface area (Å²) in [5.41, 5.74) is 0.547. The van der Waals surface area contributed by atoms with E-state index in [0.717, 1.165) is 0 Å². The van der Waals surface area contributed by atoms with Crippen LogP contribution in [0.25, 0.3) is 5.69 Å². The highest BCUT2D eigenvalue weighted by atomic mass is 79.9. The Morgan fingerprint density at radius 3 is 2.78 bits per heavy atom. The molecular weight excluding hydrogens is 368 g/mol. The maximum atomic E-state index is 11.3. The summed E-state index contributed by atoms with van der Waals surface area (Å²) in [6.45, 7) is 1.90. The van der Waals surface area contributed by atoms with Crippen LogP contribution >= 0.6 is 31.9 Å². The lowest BCUT2D eigenvalue weighted by Gasteiger charge is -2.10. The van der Waals surface area contributed by atoms with Crippen LogP contribution in [0.5, 0.6) is 0 Å². The van der Waals surface area contributed by atoms with E-state index in [1.165, 1.54) is 10.7 Å². The Kier molecular flexibility index (Phi) is 3.76. The molecule has 0 saturated carbocycles. The number of benzene rings is 1. The maximum Gasteiger partial charge on any atom is 0.337 e. The van der Waals surface area contributed by atoms with Crippen LogP contribution in [-0.2, 0) is 6.42 Å². The molecular formula is C10H8Br2N4O2. The smallest absolute Gasteiger partial charge is 0.337 e. The summed E-state index contributed by atoms with van der Waals surface area (Å²) in [6, 6.07) is 3.27. The molecule has 0 unspecified atom stereocenters. The summed E-state index contributed by atoms with van der Waals surface area (Å²) in [7, 11) is 0. The van der Waals surface area contributed by atoms with E-state index in [4.69, 9.17) is 0 Å². The Balaban J connectivity index is 2.74. The Morgan fingerprint density at radius 1 is 1.44 bits per heavy atom. The lowest BCUT2D eigenvalue weighted by atomic mass is 10.2. The number of carboxylic acids is 1. The van der Waals surface area contributed by atoms with Gasteiger partial charge in [0.15, 0.2) is 5.82 Å². The minimum absolute atomic E-state index is 0.123. The highest BCUT2D eigenvalue weighted by Crippen LogP contribution is 2.29. The summed E-state index contributed by atoms with van der Waals surface area (Å²) in [5, 5.41) is 20.5. The van der Waals surface area contributed by atoms with Gasteiger partial charge in [0.25, 0.3) is 0 Å². The molecule has 0 aliphatic heterocycles. The van der Waals surface area contributed by atoms with Crippen LogP contribution in [0.2, 0.25) is 0 Å². The highest BCUT2D eigenvalue weighted by Gasteiger charge is 2.19. The van der Waals surface area contributed by atoms with Crippen LogP contribution in [0.3, 0.4) is 0 Å². The second kappa shape index (κ2) is 5.15. The van der Waals surface area contributed by atoms with Crippen molar-refractivity contribution in [2.45, 2.75) is 13.3 Å². The van der Waals surface area contributed by atoms with Gasteiger partial charge in [-0.1, -0.05) is 22.9 Å². The van der Waals surface area contributed by atoms with Gasteiger partial charge in [-0.05, 0) is 38.5 Å². The molecule has 1 aromatic heterocycles. The van der Waals surface area contributed by atoms with Gasteiger partial charge in [0.2, 0.25) is 0 Å². The lowest BCUT2D eigenvalue weighted by molar-refractivity contribution is 0.0696. The highest BCUT2D eigenvalue weighted by molar-refractivity contribution is 9.11. The minimum Gasteiger partial charge on any atom is -0.478 e. The number of hydrogen-bond acceptors (Lipinski definition) is 4. The van der Waals surface area contributed by atoms with Crippen molar-refractivity contribution in [1.82, 2.24) is 20.2 Å². The molecule has 0 atom stereocenters. The monoisotopic (exact) mass is 374 g/mol. The van der Waals surface area contributed by atoms with Gasteiger partial charge in [-0.2, -0.15) is 4.68 Å². The SMILES string of the molecule is CCc1nnnn1-c1c(Br)cc(Br)cc1C(=O)O. The van der Waals surface area contributed by atoms with Gasteiger partial charge < -0.3 is 5.11 Å². The van der Waals surface area contributed by atoms with Crippen LogP contribution in [0.4, 0.5) is 0 Å². The fourth-order valence-electron chi connectivity index (χ4n) is 1.54. The number of hydrogen-bond donors (Lipinski definition) is 1. The number of halogens is 2. The Morgan fingerprint density at radius 2 is 2.17 bits per heavy atom. The van der Waals surface area contributed by atoms with Crippen molar-refractivity contribution >= 4 is 37.8 Å². The molecule has 1 N–H and O–H groups in total. The second-order valence-corrected chi connectivity index (χ2v) is 5.22. The molecule has 0 bridgehead atoms. The summed E-state index contributed by atoms with van der Waals surface area (Å²) in [5.74, 6) is -0.440. The summed E-state index contributed by atoms with van der Waals surface area (Å²) in [6.07, 6.45) is 0.606. The largest absolute Gasteiger partial charge is 0.478 e.